The van der Waals surface area contributed by atoms with E-state index in [-0.39, 0.29) is 11.2 Å². The van der Waals surface area contributed by atoms with Crippen LogP contribution in [0, 0.1) is 11.8 Å². The van der Waals surface area contributed by atoms with Gasteiger partial charge in [0.05, 0.1) is 17.4 Å². The number of hydrogen-bond donors (Lipinski definition) is 1. The van der Waals surface area contributed by atoms with Crippen molar-refractivity contribution in [2.45, 2.75) is 51.2 Å². The third kappa shape index (κ3) is 3.43. The van der Waals surface area contributed by atoms with E-state index in [1.807, 2.05) is 20.8 Å². The van der Waals surface area contributed by atoms with Gasteiger partial charge >= 0.3 is 12.1 Å². The fourth-order valence-corrected chi connectivity index (χ4v) is 3.42. The number of carbonyl (C=O) groups is 2. The average molecular weight is 373 g/mol. The van der Waals surface area contributed by atoms with Crippen molar-refractivity contribution in [3.8, 4) is 0 Å². The number of halogens is 3. The summed E-state index contributed by atoms with van der Waals surface area (Å²) >= 11 is 0. The van der Waals surface area contributed by atoms with Crippen LogP contribution >= 0.6 is 0 Å². The summed E-state index contributed by atoms with van der Waals surface area (Å²) in [6.45, 7) is 4.71. The van der Waals surface area contributed by atoms with E-state index >= 15 is 0 Å². The molecule has 1 aliphatic heterocycles. The van der Waals surface area contributed by atoms with Crippen LogP contribution in [0.3, 0.4) is 0 Å². The van der Waals surface area contributed by atoms with Gasteiger partial charge in [-0.05, 0) is 39.7 Å². The number of aromatic nitrogens is 2. The zero-order valence-corrected chi connectivity index (χ0v) is 14.9. The van der Waals surface area contributed by atoms with Gasteiger partial charge in [-0.25, -0.2) is 0 Å². The van der Waals surface area contributed by atoms with Crippen molar-refractivity contribution in [2.24, 2.45) is 11.8 Å². The third-order valence-corrected chi connectivity index (χ3v) is 4.93. The SMILES string of the molecule is CC(C)(C)n1nc(C(=O)N2C[C@@H](C(F)(F)F)[C@H](C(=O)O)C2)cc1C1CC1. The first kappa shape index (κ1) is 18.7. The lowest BCUT2D eigenvalue weighted by molar-refractivity contribution is -0.187. The van der Waals surface area contributed by atoms with Crippen molar-refractivity contribution in [2.75, 3.05) is 13.1 Å². The fraction of sp³-hybridized carbons (Fsp3) is 0.706. The molecule has 1 amide bonds. The zero-order chi connectivity index (χ0) is 19.4. The average Bonchev–Trinajstić information content (AvgIpc) is 3.08. The second kappa shape index (κ2) is 5.99. The first-order chi connectivity index (χ1) is 11.9. The maximum atomic E-state index is 13.1. The molecule has 2 aliphatic rings. The summed E-state index contributed by atoms with van der Waals surface area (Å²) in [5, 5.41) is 13.4. The molecule has 26 heavy (non-hydrogen) atoms. The number of alkyl halides is 3. The van der Waals surface area contributed by atoms with Gasteiger partial charge in [-0.15, -0.1) is 0 Å². The molecule has 2 heterocycles. The Balaban J connectivity index is 1.87. The standard InChI is InChI=1S/C17H22F3N3O3/c1-16(2,3)23-13(9-4-5-9)6-12(21-23)14(24)22-7-10(15(25)26)11(8-22)17(18,19)20/h6,9-11H,4-5,7-8H2,1-3H3,(H,25,26)/t10-,11-/m1/s1. The minimum absolute atomic E-state index is 0.0776. The normalized spacial score (nSPS) is 24.2. The highest BCUT2D eigenvalue weighted by Crippen LogP contribution is 2.42. The fourth-order valence-electron chi connectivity index (χ4n) is 3.42. The van der Waals surface area contributed by atoms with E-state index in [0.29, 0.717) is 5.92 Å². The van der Waals surface area contributed by atoms with Crippen molar-refractivity contribution >= 4 is 11.9 Å². The zero-order valence-electron chi connectivity index (χ0n) is 14.9. The van der Waals surface area contributed by atoms with Crippen molar-refractivity contribution < 1.29 is 27.9 Å². The summed E-state index contributed by atoms with van der Waals surface area (Å²) in [7, 11) is 0. The third-order valence-electron chi connectivity index (χ3n) is 4.93. The number of hydrogen-bond acceptors (Lipinski definition) is 3. The van der Waals surface area contributed by atoms with Gasteiger partial charge in [-0.3, -0.25) is 14.3 Å². The number of aliphatic carboxylic acids is 1. The molecule has 144 valence electrons. The second-order valence-electron chi connectivity index (χ2n) is 8.11. The highest BCUT2D eigenvalue weighted by Gasteiger charge is 2.53. The van der Waals surface area contributed by atoms with Gasteiger partial charge in [0, 0.05) is 24.7 Å². The molecule has 9 heteroatoms. The van der Waals surface area contributed by atoms with Crippen LogP contribution in [0.2, 0.25) is 0 Å². The molecular weight excluding hydrogens is 351 g/mol. The lowest BCUT2D eigenvalue weighted by atomic mass is 9.96. The Morgan fingerprint density at radius 2 is 1.81 bits per heavy atom. The van der Waals surface area contributed by atoms with Gasteiger partial charge in [0.2, 0.25) is 0 Å². The maximum Gasteiger partial charge on any atom is 0.394 e. The molecule has 0 bridgehead atoms. The second-order valence-corrected chi connectivity index (χ2v) is 8.11. The molecule has 0 unspecified atom stereocenters. The molecule has 2 atom stereocenters. The number of nitrogens with zero attached hydrogens (tertiary/aromatic N) is 3. The Hall–Kier alpha value is -2.06. The molecule has 2 fully saturated rings. The predicted molar refractivity (Wildman–Crippen MR) is 85.8 cm³/mol. The van der Waals surface area contributed by atoms with Crippen molar-refractivity contribution in [3.63, 3.8) is 0 Å². The lowest BCUT2D eigenvalue weighted by Gasteiger charge is -2.22. The van der Waals surface area contributed by atoms with Crippen LogP contribution in [0.25, 0.3) is 0 Å². The smallest absolute Gasteiger partial charge is 0.394 e. The van der Waals surface area contributed by atoms with Crippen molar-refractivity contribution in [3.05, 3.63) is 17.5 Å². The van der Waals surface area contributed by atoms with Gasteiger partial charge in [-0.1, -0.05) is 0 Å². The molecule has 6 nitrogen and oxygen atoms in total. The van der Waals surface area contributed by atoms with E-state index in [1.54, 1.807) is 10.7 Å². The number of likely N-dealkylation sites (tertiary alicyclic amines) is 1. The summed E-state index contributed by atoms with van der Waals surface area (Å²) < 4.78 is 41.1. The van der Waals surface area contributed by atoms with Gasteiger partial charge < -0.3 is 10.0 Å². The quantitative estimate of drug-likeness (QED) is 0.884. The van der Waals surface area contributed by atoms with E-state index in [0.717, 1.165) is 23.4 Å². The van der Waals surface area contributed by atoms with Gasteiger partial charge in [0.25, 0.3) is 5.91 Å². The maximum absolute atomic E-state index is 13.1. The van der Waals surface area contributed by atoms with E-state index in [4.69, 9.17) is 5.11 Å². The molecule has 0 spiro atoms. The van der Waals surface area contributed by atoms with Crippen LogP contribution < -0.4 is 0 Å². The molecule has 1 aliphatic carbocycles. The van der Waals surface area contributed by atoms with E-state index in [1.165, 1.54) is 0 Å². The van der Waals surface area contributed by atoms with Crippen LogP contribution in [-0.4, -0.2) is 50.9 Å². The number of carboxylic acids is 1. The highest BCUT2D eigenvalue weighted by molar-refractivity contribution is 5.93. The van der Waals surface area contributed by atoms with E-state index in [2.05, 4.69) is 5.10 Å². The number of carbonyl (C=O) groups excluding carboxylic acids is 1. The molecule has 1 N–H and O–H groups in total. The summed E-state index contributed by atoms with van der Waals surface area (Å²) in [6, 6.07) is 1.64. The lowest BCUT2D eigenvalue weighted by Crippen LogP contribution is -2.34. The van der Waals surface area contributed by atoms with Crippen LogP contribution in [0.15, 0.2) is 6.07 Å². The largest absolute Gasteiger partial charge is 0.481 e. The summed E-state index contributed by atoms with van der Waals surface area (Å²) in [5.74, 6) is -5.57. The topological polar surface area (TPSA) is 75.4 Å². The summed E-state index contributed by atoms with van der Waals surface area (Å²) in [6.07, 6.45) is -2.67. The minimum Gasteiger partial charge on any atom is -0.481 e. The molecule has 1 aromatic heterocycles. The Morgan fingerprint density at radius 1 is 1.19 bits per heavy atom. The van der Waals surface area contributed by atoms with Crippen LogP contribution in [0.1, 0.15) is 55.7 Å². The first-order valence-electron chi connectivity index (χ1n) is 8.59. The van der Waals surface area contributed by atoms with E-state index < -0.39 is 43.0 Å². The number of amides is 1. The Bertz CT molecular complexity index is 732. The van der Waals surface area contributed by atoms with Gasteiger partial charge in [0.15, 0.2) is 5.69 Å². The first-order valence-corrected chi connectivity index (χ1v) is 8.59. The molecule has 1 aromatic rings. The van der Waals surface area contributed by atoms with Crippen LogP contribution in [-0.2, 0) is 10.3 Å². The molecular formula is C17H22F3N3O3. The highest BCUT2D eigenvalue weighted by atomic mass is 19.4. The van der Waals surface area contributed by atoms with Gasteiger partial charge in [0.1, 0.15) is 0 Å². The number of rotatable bonds is 3. The summed E-state index contributed by atoms with van der Waals surface area (Å²) in [5.41, 5.74) is 0.621. The van der Waals surface area contributed by atoms with Crippen LogP contribution in [0.4, 0.5) is 13.2 Å². The molecule has 1 saturated heterocycles. The van der Waals surface area contributed by atoms with Crippen molar-refractivity contribution in [1.82, 2.24) is 14.7 Å². The molecule has 0 aromatic carbocycles. The van der Waals surface area contributed by atoms with E-state index in [9.17, 15) is 22.8 Å². The minimum atomic E-state index is -4.66. The molecule has 0 radical (unpaired) electrons. The van der Waals surface area contributed by atoms with Crippen molar-refractivity contribution in [1.29, 1.82) is 0 Å². The van der Waals surface area contributed by atoms with Gasteiger partial charge in [-0.2, -0.15) is 18.3 Å². The monoisotopic (exact) mass is 373 g/mol. The predicted octanol–water partition coefficient (Wildman–Crippen LogP) is 2.85. The molecule has 1 saturated carbocycles. The Labute approximate surface area is 149 Å². The Kier molecular flexibility index (Phi) is 4.31. The molecule has 3 rings (SSSR count). The summed E-state index contributed by atoms with van der Waals surface area (Å²) in [4.78, 5) is 24.9. The number of carboxylic acid groups (broad SMARTS) is 1. The Morgan fingerprint density at radius 3 is 2.23 bits per heavy atom. The van der Waals surface area contributed by atoms with Crippen LogP contribution in [0.5, 0.6) is 0 Å².